The van der Waals surface area contributed by atoms with Crippen LogP contribution in [0, 0.1) is 6.92 Å². The molecule has 2 aromatic carbocycles. The Bertz CT molecular complexity index is 1270. The number of nitrogens with one attached hydrogen (secondary N) is 2. The first kappa shape index (κ1) is 23.0. The summed E-state index contributed by atoms with van der Waals surface area (Å²) in [6, 6.07) is 16.2. The van der Waals surface area contributed by atoms with Gasteiger partial charge >= 0.3 is 12.1 Å². The number of anilines is 1. The number of hydrogen-bond acceptors (Lipinski definition) is 6. The number of carbonyl (C=O) groups is 3. The standard InChI is InChI=1S/C26H25N3O5S/c1-15-21(22(30)29-26(23(31)32)12-6-7-13-26)35-24(27-15)28-25(33)34-14-20-18-10-4-2-8-16(18)17-9-3-5-11-19(17)20/h2-5,8-11,20H,6-7,12-14H2,1H3,(H,29,30)(H,31,32)(H,27,28,33). The largest absolute Gasteiger partial charge is 0.480 e. The molecule has 1 aromatic heterocycles. The summed E-state index contributed by atoms with van der Waals surface area (Å²) in [5.41, 5.74) is 3.69. The van der Waals surface area contributed by atoms with Crippen molar-refractivity contribution in [2.75, 3.05) is 11.9 Å². The number of amides is 2. The summed E-state index contributed by atoms with van der Waals surface area (Å²) < 4.78 is 5.55. The minimum Gasteiger partial charge on any atom is -0.480 e. The van der Waals surface area contributed by atoms with Crippen molar-refractivity contribution < 1.29 is 24.2 Å². The molecule has 5 rings (SSSR count). The number of thiazole rings is 1. The lowest BCUT2D eigenvalue weighted by Gasteiger charge is -2.24. The van der Waals surface area contributed by atoms with Gasteiger partial charge in [-0.15, -0.1) is 0 Å². The molecule has 1 saturated carbocycles. The second-order valence-electron chi connectivity index (χ2n) is 8.93. The highest BCUT2D eigenvalue weighted by molar-refractivity contribution is 7.17. The van der Waals surface area contributed by atoms with Gasteiger partial charge in [0.2, 0.25) is 0 Å². The number of nitrogens with zero attached hydrogens (tertiary/aromatic N) is 1. The number of carbonyl (C=O) groups excluding carboxylic acids is 2. The number of ether oxygens (including phenoxy) is 1. The molecule has 0 saturated heterocycles. The van der Waals surface area contributed by atoms with E-state index in [0.29, 0.717) is 18.5 Å². The predicted octanol–water partition coefficient (Wildman–Crippen LogP) is 4.94. The Morgan fingerprint density at radius 1 is 1.06 bits per heavy atom. The number of carboxylic acid groups (broad SMARTS) is 1. The maximum absolute atomic E-state index is 12.8. The molecule has 35 heavy (non-hydrogen) atoms. The Morgan fingerprint density at radius 2 is 1.66 bits per heavy atom. The first-order valence-corrected chi connectivity index (χ1v) is 12.3. The third-order valence-electron chi connectivity index (χ3n) is 6.77. The van der Waals surface area contributed by atoms with Gasteiger partial charge < -0.3 is 15.2 Å². The maximum atomic E-state index is 12.8. The lowest BCUT2D eigenvalue weighted by molar-refractivity contribution is -0.144. The summed E-state index contributed by atoms with van der Waals surface area (Å²) in [6.07, 6.45) is 1.64. The van der Waals surface area contributed by atoms with Crippen molar-refractivity contribution in [3.05, 3.63) is 70.2 Å². The van der Waals surface area contributed by atoms with Gasteiger partial charge in [-0.3, -0.25) is 10.1 Å². The molecule has 3 N–H and O–H groups in total. The number of hydrogen-bond donors (Lipinski definition) is 3. The van der Waals surface area contributed by atoms with E-state index in [0.717, 1.165) is 46.4 Å². The van der Waals surface area contributed by atoms with E-state index < -0.39 is 23.5 Å². The lowest BCUT2D eigenvalue weighted by atomic mass is 9.98. The number of benzene rings is 2. The van der Waals surface area contributed by atoms with E-state index in [1.165, 1.54) is 0 Å². The van der Waals surface area contributed by atoms with Crippen molar-refractivity contribution in [3.63, 3.8) is 0 Å². The zero-order valence-electron chi connectivity index (χ0n) is 19.2. The van der Waals surface area contributed by atoms with Gasteiger partial charge in [-0.25, -0.2) is 14.6 Å². The van der Waals surface area contributed by atoms with Crippen LogP contribution in [0.1, 0.15) is 58.1 Å². The Labute approximate surface area is 206 Å². The van der Waals surface area contributed by atoms with Crippen molar-refractivity contribution in [2.45, 2.75) is 44.1 Å². The molecule has 1 fully saturated rings. The highest BCUT2D eigenvalue weighted by Gasteiger charge is 2.43. The first-order chi connectivity index (χ1) is 16.9. The minimum absolute atomic E-state index is 0.0638. The molecular formula is C26H25N3O5S. The van der Waals surface area contributed by atoms with Crippen molar-refractivity contribution in [3.8, 4) is 11.1 Å². The fourth-order valence-corrected chi connectivity index (χ4v) is 5.87. The van der Waals surface area contributed by atoms with Crippen LogP contribution < -0.4 is 10.6 Å². The van der Waals surface area contributed by atoms with Crippen molar-refractivity contribution in [2.24, 2.45) is 0 Å². The van der Waals surface area contributed by atoms with Crippen LogP contribution in [0.3, 0.4) is 0 Å². The van der Waals surface area contributed by atoms with E-state index in [1.807, 2.05) is 36.4 Å². The summed E-state index contributed by atoms with van der Waals surface area (Å²) in [7, 11) is 0. The first-order valence-electron chi connectivity index (χ1n) is 11.5. The molecule has 0 aliphatic heterocycles. The number of aryl methyl sites for hydroxylation is 1. The lowest BCUT2D eigenvalue weighted by Crippen LogP contribution is -2.52. The SMILES string of the molecule is Cc1nc(NC(=O)OCC2c3ccccc3-c3ccccc32)sc1C(=O)NC1(C(=O)O)CCCC1. The van der Waals surface area contributed by atoms with Crippen LogP contribution >= 0.6 is 11.3 Å². The fraction of sp³-hybridized carbons (Fsp3) is 0.308. The highest BCUT2D eigenvalue weighted by atomic mass is 32.1. The van der Waals surface area contributed by atoms with E-state index >= 15 is 0 Å². The number of carboxylic acids is 1. The normalized spacial score (nSPS) is 15.8. The highest BCUT2D eigenvalue weighted by Crippen LogP contribution is 2.44. The van der Waals surface area contributed by atoms with Crippen LogP contribution in [0.2, 0.25) is 0 Å². The summed E-state index contributed by atoms with van der Waals surface area (Å²) in [5, 5.41) is 15.1. The third kappa shape index (κ3) is 4.27. The predicted molar refractivity (Wildman–Crippen MR) is 132 cm³/mol. The van der Waals surface area contributed by atoms with Crippen LogP contribution in [0.15, 0.2) is 48.5 Å². The molecule has 0 radical (unpaired) electrons. The van der Waals surface area contributed by atoms with Gasteiger partial charge in [0.1, 0.15) is 17.0 Å². The molecule has 0 atom stereocenters. The molecular weight excluding hydrogens is 466 g/mol. The quantitative estimate of drug-likeness (QED) is 0.450. The Kier molecular flexibility index (Phi) is 6.02. The number of aliphatic carboxylic acids is 1. The van der Waals surface area contributed by atoms with Gasteiger partial charge in [0.25, 0.3) is 5.91 Å². The molecule has 3 aromatic rings. The van der Waals surface area contributed by atoms with Gasteiger partial charge in [0.05, 0.1) is 5.69 Å². The molecule has 2 aliphatic carbocycles. The molecule has 8 nitrogen and oxygen atoms in total. The van der Waals surface area contributed by atoms with Crippen LogP contribution in [0.4, 0.5) is 9.93 Å². The second-order valence-corrected chi connectivity index (χ2v) is 9.93. The van der Waals surface area contributed by atoms with Gasteiger partial charge in [-0.05, 0) is 42.0 Å². The Hall–Kier alpha value is -3.72. The smallest absolute Gasteiger partial charge is 0.413 e. The van der Waals surface area contributed by atoms with Crippen molar-refractivity contribution in [1.82, 2.24) is 10.3 Å². The summed E-state index contributed by atoms with van der Waals surface area (Å²) >= 11 is 0.997. The van der Waals surface area contributed by atoms with E-state index in [1.54, 1.807) is 6.92 Å². The number of rotatable bonds is 6. The molecule has 0 unspecified atom stereocenters. The monoisotopic (exact) mass is 491 g/mol. The molecule has 180 valence electrons. The van der Waals surface area contributed by atoms with Crippen LogP contribution in [-0.2, 0) is 9.53 Å². The third-order valence-corrected chi connectivity index (χ3v) is 7.85. The van der Waals surface area contributed by atoms with Gasteiger partial charge in [-0.2, -0.15) is 0 Å². The van der Waals surface area contributed by atoms with Crippen LogP contribution in [0.5, 0.6) is 0 Å². The molecule has 0 bridgehead atoms. The summed E-state index contributed by atoms with van der Waals surface area (Å²) in [4.78, 5) is 41.7. The van der Waals surface area contributed by atoms with Crippen molar-refractivity contribution >= 4 is 34.4 Å². The molecule has 2 aliphatic rings. The number of aromatic nitrogens is 1. The van der Waals surface area contributed by atoms with E-state index in [-0.39, 0.29) is 22.5 Å². The zero-order valence-corrected chi connectivity index (χ0v) is 20.0. The minimum atomic E-state index is -1.24. The Balaban J connectivity index is 1.24. The average molecular weight is 492 g/mol. The maximum Gasteiger partial charge on any atom is 0.413 e. The zero-order chi connectivity index (χ0) is 24.6. The summed E-state index contributed by atoms with van der Waals surface area (Å²) in [6.45, 7) is 1.81. The fourth-order valence-electron chi connectivity index (χ4n) is 5.03. The molecule has 9 heteroatoms. The van der Waals surface area contributed by atoms with E-state index in [9.17, 15) is 19.5 Å². The van der Waals surface area contributed by atoms with E-state index in [4.69, 9.17) is 4.74 Å². The second kappa shape index (κ2) is 9.14. The topological polar surface area (TPSA) is 118 Å². The van der Waals surface area contributed by atoms with Gasteiger partial charge in [-0.1, -0.05) is 72.7 Å². The van der Waals surface area contributed by atoms with Gasteiger partial charge in [0.15, 0.2) is 5.13 Å². The molecule has 0 spiro atoms. The van der Waals surface area contributed by atoms with E-state index in [2.05, 4.69) is 27.8 Å². The Morgan fingerprint density at radius 3 is 2.26 bits per heavy atom. The van der Waals surface area contributed by atoms with Crippen molar-refractivity contribution in [1.29, 1.82) is 0 Å². The summed E-state index contributed by atoms with van der Waals surface area (Å²) in [5.74, 6) is -1.58. The molecule has 2 amide bonds. The van der Waals surface area contributed by atoms with Gasteiger partial charge in [0, 0.05) is 5.92 Å². The number of fused-ring (bicyclic) bond motifs is 3. The van der Waals surface area contributed by atoms with Crippen LogP contribution in [0.25, 0.3) is 11.1 Å². The van der Waals surface area contributed by atoms with Crippen LogP contribution in [-0.4, -0.2) is 40.2 Å². The average Bonchev–Trinajstić information content (AvgIpc) is 3.54. The molecule has 1 heterocycles.